The molecule has 1 aromatic heterocycles. The predicted octanol–water partition coefficient (Wildman–Crippen LogP) is 3.12. The number of benzene rings is 1. The molecule has 1 aliphatic heterocycles. The van der Waals surface area contributed by atoms with Crippen LogP contribution in [0.4, 0.5) is 5.69 Å². The first kappa shape index (κ1) is 16.8. The van der Waals surface area contributed by atoms with Crippen molar-refractivity contribution in [3.8, 4) is 0 Å². The Morgan fingerprint density at radius 3 is 2.91 bits per heavy atom. The molecule has 6 heteroatoms. The lowest BCUT2D eigenvalue weighted by Gasteiger charge is -2.22. The van der Waals surface area contributed by atoms with Crippen molar-refractivity contribution in [2.75, 3.05) is 11.9 Å². The van der Waals surface area contributed by atoms with Crippen molar-refractivity contribution < 1.29 is 4.79 Å². The van der Waals surface area contributed by atoms with Crippen LogP contribution in [0.15, 0.2) is 24.4 Å². The molecule has 0 bridgehead atoms. The van der Waals surface area contributed by atoms with Crippen molar-refractivity contribution in [1.82, 2.24) is 15.1 Å². The molecule has 22 heavy (non-hydrogen) atoms. The van der Waals surface area contributed by atoms with Crippen LogP contribution in [-0.2, 0) is 4.79 Å². The third-order valence-corrected chi connectivity index (χ3v) is 3.95. The number of nitrogens with one attached hydrogen (secondary N) is 2. The highest BCUT2D eigenvalue weighted by Gasteiger charge is 2.20. The molecular weight excluding hydrogens is 300 g/mol. The minimum absolute atomic E-state index is 0. The minimum atomic E-state index is -0.0622. The van der Waals surface area contributed by atoms with Gasteiger partial charge in [-0.1, -0.05) is 6.42 Å². The van der Waals surface area contributed by atoms with E-state index in [9.17, 15) is 4.79 Å². The number of hydrogen-bond donors (Lipinski definition) is 2. The molecule has 3 rings (SSSR count). The minimum Gasteiger partial charge on any atom is -0.325 e. The molecule has 0 spiro atoms. The average Bonchev–Trinajstić information content (AvgIpc) is 2.91. The number of aromatic nitrogens is 2. The third kappa shape index (κ3) is 3.59. The lowest BCUT2D eigenvalue weighted by molar-refractivity contribution is -0.118. The van der Waals surface area contributed by atoms with E-state index in [1.54, 1.807) is 0 Å². The molecule has 1 aliphatic rings. The van der Waals surface area contributed by atoms with Gasteiger partial charge in [0.15, 0.2) is 0 Å². The van der Waals surface area contributed by atoms with Gasteiger partial charge in [-0.25, -0.2) is 0 Å². The molecule has 120 valence electrons. The molecule has 1 saturated heterocycles. The SMILES string of the molecule is CC(C)n1cc2cc(NC(=O)[C@@H]3CCCCN3)ccc2n1.Cl. The second-order valence-corrected chi connectivity index (χ2v) is 5.97. The van der Waals surface area contributed by atoms with E-state index < -0.39 is 0 Å². The van der Waals surface area contributed by atoms with E-state index in [4.69, 9.17) is 0 Å². The highest BCUT2D eigenvalue weighted by atomic mass is 35.5. The molecule has 0 aliphatic carbocycles. The van der Waals surface area contributed by atoms with Gasteiger partial charge in [0, 0.05) is 23.3 Å². The Kier molecular flexibility index (Phi) is 5.42. The zero-order chi connectivity index (χ0) is 14.8. The first-order valence-corrected chi connectivity index (χ1v) is 7.66. The first-order valence-electron chi connectivity index (χ1n) is 7.66. The first-order chi connectivity index (χ1) is 10.1. The molecule has 2 N–H and O–H groups in total. The number of rotatable bonds is 3. The molecule has 0 saturated carbocycles. The lowest BCUT2D eigenvalue weighted by Crippen LogP contribution is -2.43. The van der Waals surface area contributed by atoms with E-state index >= 15 is 0 Å². The van der Waals surface area contributed by atoms with E-state index in [2.05, 4.69) is 29.6 Å². The molecule has 2 aromatic rings. The second kappa shape index (κ2) is 7.11. The fourth-order valence-corrected chi connectivity index (χ4v) is 2.69. The molecule has 2 heterocycles. The molecule has 1 amide bonds. The lowest BCUT2D eigenvalue weighted by atomic mass is 10.0. The Morgan fingerprint density at radius 2 is 2.23 bits per heavy atom. The molecule has 0 radical (unpaired) electrons. The number of fused-ring (bicyclic) bond motifs is 1. The predicted molar refractivity (Wildman–Crippen MR) is 91.6 cm³/mol. The summed E-state index contributed by atoms with van der Waals surface area (Å²) in [7, 11) is 0. The van der Waals surface area contributed by atoms with Gasteiger partial charge in [0.05, 0.1) is 11.6 Å². The molecular formula is C16H23ClN4O. The normalized spacial score (nSPS) is 18.2. The Hall–Kier alpha value is -1.59. The largest absolute Gasteiger partial charge is 0.325 e. The summed E-state index contributed by atoms with van der Waals surface area (Å²) in [5.74, 6) is 0.0605. The van der Waals surface area contributed by atoms with Gasteiger partial charge in [-0.15, -0.1) is 12.4 Å². The summed E-state index contributed by atoms with van der Waals surface area (Å²) >= 11 is 0. The van der Waals surface area contributed by atoms with Gasteiger partial charge < -0.3 is 10.6 Å². The van der Waals surface area contributed by atoms with Gasteiger partial charge in [0.25, 0.3) is 0 Å². The summed E-state index contributed by atoms with van der Waals surface area (Å²) in [5, 5.41) is 11.8. The fourth-order valence-electron chi connectivity index (χ4n) is 2.69. The highest BCUT2D eigenvalue weighted by Crippen LogP contribution is 2.20. The van der Waals surface area contributed by atoms with Gasteiger partial charge in [0.2, 0.25) is 5.91 Å². The van der Waals surface area contributed by atoms with Gasteiger partial charge >= 0.3 is 0 Å². The molecule has 1 aromatic carbocycles. The van der Waals surface area contributed by atoms with Crippen LogP contribution in [0.3, 0.4) is 0 Å². The Bertz CT molecular complexity index is 647. The van der Waals surface area contributed by atoms with Gasteiger partial charge in [-0.3, -0.25) is 9.48 Å². The van der Waals surface area contributed by atoms with E-state index in [0.29, 0.717) is 6.04 Å². The van der Waals surface area contributed by atoms with Gasteiger partial charge in [-0.2, -0.15) is 5.10 Å². The zero-order valence-corrected chi connectivity index (χ0v) is 13.8. The van der Waals surface area contributed by atoms with Crippen LogP contribution in [0, 0.1) is 0 Å². The standard InChI is InChI=1S/C16H22N4O.ClH/c1-11(2)20-10-12-9-13(6-7-14(12)19-20)18-16(21)15-5-3-4-8-17-15;/h6-7,9-11,15,17H,3-5,8H2,1-2H3,(H,18,21);1H/t15-;/m0./s1. The monoisotopic (exact) mass is 322 g/mol. The Labute approximate surface area is 136 Å². The number of carbonyl (C=O) groups is 1. The Morgan fingerprint density at radius 1 is 1.41 bits per heavy atom. The van der Waals surface area contributed by atoms with Crippen molar-refractivity contribution >= 4 is 34.9 Å². The fraction of sp³-hybridized carbons (Fsp3) is 0.500. The van der Waals surface area contributed by atoms with E-state index in [-0.39, 0.29) is 24.4 Å². The van der Waals surface area contributed by atoms with Crippen LogP contribution >= 0.6 is 12.4 Å². The molecule has 1 atom stereocenters. The molecule has 1 fully saturated rings. The number of amides is 1. The summed E-state index contributed by atoms with van der Waals surface area (Å²) in [6.07, 6.45) is 5.21. The van der Waals surface area contributed by atoms with Crippen molar-refractivity contribution in [3.63, 3.8) is 0 Å². The second-order valence-electron chi connectivity index (χ2n) is 5.97. The van der Waals surface area contributed by atoms with Gasteiger partial charge in [-0.05, 0) is 51.4 Å². The van der Waals surface area contributed by atoms with Crippen molar-refractivity contribution in [1.29, 1.82) is 0 Å². The van der Waals surface area contributed by atoms with Crippen LogP contribution in [0.25, 0.3) is 10.9 Å². The van der Waals surface area contributed by atoms with Crippen molar-refractivity contribution in [2.45, 2.75) is 45.2 Å². The number of carbonyl (C=O) groups excluding carboxylic acids is 1. The number of anilines is 1. The number of halogens is 1. The van der Waals surface area contributed by atoms with E-state index in [1.165, 1.54) is 0 Å². The summed E-state index contributed by atoms with van der Waals surface area (Å²) < 4.78 is 1.94. The average molecular weight is 323 g/mol. The quantitative estimate of drug-likeness (QED) is 0.912. The van der Waals surface area contributed by atoms with Crippen LogP contribution in [-0.4, -0.2) is 28.3 Å². The zero-order valence-electron chi connectivity index (χ0n) is 13.0. The highest BCUT2D eigenvalue weighted by molar-refractivity contribution is 5.96. The maximum atomic E-state index is 12.2. The summed E-state index contributed by atoms with van der Waals surface area (Å²) in [4.78, 5) is 12.2. The summed E-state index contributed by atoms with van der Waals surface area (Å²) in [6.45, 7) is 5.13. The number of nitrogens with zero attached hydrogens (tertiary/aromatic N) is 2. The smallest absolute Gasteiger partial charge is 0.241 e. The van der Waals surface area contributed by atoms with Gasteiger partial charge in [0.1, 0.15) is 0 Å². The Balaban J connectivity index is 0.00000176. The molecule has 0 unspecified atom stereocenters. The van der Waals surface area contributed by atoms with Crippen LogP contribution in [0.5, 0.6) is 0 Å². The van der Waals surface area contributed by atoms with Crippen LogP contribution in [0.1, 0.15) is 39.2 Å². The maximum absolute atomic E-state index is 12.2. The van der Waals surface area contributed by atoms with Crippen molar-refractivity contribution in [3.05, 3.63) is 24.4 Å². The van der Waals surface area contributed by atoms with E-state index in [1.807, 2.05) is 29.1 Å². The topological polar surface area (TPSA) is 59.0 Å². The number of hydrogen-bond acceptors (Lipinski definition) is 3. The number of piperidine rings is 1. The maximum Gasteiger partial charge on any atom is 0.241 e. The summed E-state index contributed by atoms with van der Waals surface area (Å²) in [5.41, 5.74) is 1.79. The van der Waals surface area contributed by atoms with E-state index in [0.717, 1.165) is 42.4 Å². The summed E-state index contributed by atoms with van der Waals surface area (Å²) in [6, 6.07) is 6.13. The van der Waals surface area contributed by atoms with Crippen molar-refractivity contribution in [2.24, 2.45) is 0 Å². The van der Waals surface area contributed by atoms with Crippen LogP contribution < -0.4 is 10.6 Å². The molecule has 5 nitrogen and oxygen atoms in total. The van der Waals surface area contributed by atoms with Crippen LogP contribution in [0.2, 0.25) is 0 Å². The third-order valence-electron chi connectivity index (χ3n) is 3.95.